The first-order chi connectivity index (χ1) is 13.0. The molecule has 0 aromatic rings. The highest BCUT2D eigenvalue weighted by Crippen LogP contribution is 1.94. The van der Waals surface area contributed by atoms with Crippen molar-refractivity contribution in [3.8, 4) is 0 Å². The molecule has 0 spiro atoms. The van der Waals surface area contributed by atoms with Crippen molar-refractivity contribution < 1.29 is 25.3 Å². The minimum absolute atomic E-state index is 0.0423. The van der Waals surface area contributed by atoms with E-state index < -0.39 is 30.1 Å². The van der Waals surface area contributed by atoms with E-state index >= 15 is 0 Å². The summed E-state index contributed by atoms with van der Waals surface area (Å²) in [5.74, 6) is 0.127. The molecule has 0 saturated heterocycles. The molecule has 0 heterocycles. The summed E-state index contributed by atoms with van der Waals surface area (Å²) in [7, 11) is -9.99. The summed E-state index contributed by atoms with van der Waals surface area (Å²) >= 11 is 0. The average Bonchev–Trinajstić information content (AvgIpc) is 2.53. The van der Waals surface area contributed by atoms with Crippen LogP contribution in [0.2, 0.25) is 0 Å². The molecule has 3 N–H and O–H groups in total. The number of hydrogen-bond donors (Lipinski definition) is 3. The van der Waals surface area contributed by atoms with Crippen LogP contribution in [0.15, 0.2) is 0 Å². The third-order valence-corrected chi connectivity index (χ3v) is 8.44. The highest BCUT2D eigenvalue weighted by molar-refractivity contribution is 7.89. The summed E-state index contributed by atoms with van der Waals surface area (Å²) in [6.45, 7) is 6.86. The first-order valence-corrected chi connectivity index (χ1v) is 14.6. The van der Waals surface area contributed by atoms with Crippen LogP contribution in [-0.2, 0) is 30.1 Å². The van der Waals surface area contributed by atoms with Crippen LogP contribution in [-0.4, -0.2) is 86.7 Å². The number of sulfonamides is 3. The molecular weight excluding hydrogens is 428 g/mol. The van der Waals surface area contributed by atoms with Crippen molar-refractivity contribution in [3.05, 3.63) is 0 Å². The second-order valence-corrected chi connectivity index (χ2v) is 12.3. The maximum absolute atomic E-state index is 11.7. The van der Waals surface area contributed by atoms with Gasteiger partial charge in [-0.15, -0.1) is 0 Å². The monoisotopic (exact) mass is 464 g/mol. The Balaban J connectivity index is 4.64. The van der Waals surface area contributed by atoms with Gasteiger partial charge < -0.3 is 0 Å². The fraction of sp³-hybridized carbons (Fsp3) is 1.00. The molecule has 0 unspecified atom stereocenters. The van der Waals surface area contributed by atoms with Crippen LogP contribution < -0.4 is 14.2 Å². The molecule has 0 saturated carbocycles. The lowest BCUT2D eigenvalue weighted by Gasteiger charge is -2.23. The second kappa shape index (κ2) is 13.8. The maximum atomic E-state index is 11.7. The molecule has 0 rings (SSSR count). The Morgan fingerprint density at radius 2 is 0.786 bits per heavy atom. The molecule has 0 aromatic carbocycles. The zero-order chi connectivity index (χ0) is 21.7. The van der Waals surface area contributed by atoms with E-state index in [1.54, 1.807) is 20.8 Å². The molecule has 0 atom stereocenters. The summed E-state index contributed by atoms with van der Waals surface area (Å²) in [5.41, 5.74) is 0. The van der Waals surface area contributed by atoms with Crippen LogP contribution in [0.1, 0.15) is 40.0 Å². The SMILES string of the molecule is CCCS(=O)(=O)NCCN(CCNS(=O)(=O)CCC)CCNS(=O)(=O)CCC. The highest BCUT2D eigenvalue weighted by atomic mass is 32.2. The van der Waals surface area contributed by atoms with Crippen LogP contribution in [0.5, 0.6) is 0 Å². The van der Waals surface area contributed by atoms with Crippen molar-refractivity contribution >= 4 is 30.1 Å². The normalized spacial score (nSPS) is 13.3. The van der Waals surface area contributed by atoms with Crippen LogP contribution in [0, 0.1) is 0 Å². The summed E-state index contributed by atoms with van der Waals surface area (Å²) in [6, 6.07) is 0. The van der Waals surface area contributed by atoms with Crippen molar-refractivity contribution in [1.82, 2.24) is 19.1 Å². The van der Waals surface area contributed by atoms with Crippen molar-refractivity contribution in [2.75, 3.05) is 56.5 Å². The predicted molar refractivity (Wildman–Crippen MR) is 113 cm³/mol. The number of nitrogens with one attached hydrogen (secondary N) is 3. The standard InChI is InChI=1S/C15H36N4O6S3/c1-4-13-26(20,21)16-7-10-19(11-8-17-27(22,23)14-5-2)12-9-18-28(24,25)15-6-3/h16-18H,4-15H2,1-3H3. The van der Waals surface area contributed by atoms with E-state index in [0.29, 0.717) is 38.9 Å². The average molecular weight is 465 g/mol. The van der Waals surface area contributed by atoms with E-state index in [9.17, 15) is 25.3 Å². The molecule has 0 aliphatic carbocycles. The van der Waals surface area contributed by atoms with Crippen molar-refractivity contribution in [1.29, 1.82) is 0 Å². The Kier molecular flexibility index (Phi) is 13.7. The topological polar surface area (TPSA) is 142 Å². The molecule has 0 fully saturated rings. The maximum Gasteiger partial charge on any atom is 0.211 e. The molecular formula is C15H36N4O6S3. The molecule has 0 radical (unpaired) electrons. The Morgan fingerprint density at radius 1 is 0.536 bits per heavy atom. The molecule has 28 heavy (non-hydrogen) atoms. The Bertz CT molecular complexity index is 623. The van der Waals surface area contributed by atoms with Crippen molar-refractivity contribution in [2.24, 2.45) is 0 Å². The fourth-order valence-electron chi connectivity index (χ4n) is 2.44. The van der Waals surface area contributed by atoms with Gasteiger partial charge in [0.15, 0.2) is 0 Å². The van der Waals surface area contributed by atoms with Gasteiger partial charge >= 0.3 is 0 Å². The van der Waals surface area contributed by atoms with Crippen LogP contribution in [0.3, 0.4) is 0 Å². The van der Waals surface area contributed by atoms with Gasteiger partial charge in [0.05, 0.1) is 17.3 Å². The molecule has 13 heteroatoms. The van der Waals surface area contributed by atoms with Gasteiger partial charge in [0.1, 0.15) is 0 Å². The zero-order valence-corrected chi connectivity index (χ0v) is 19.6. The minimum Gasteiger partial charge on any atom is -0.299 e. The lowest BCUT2D eigenvalue weighted by Crippen LogP contribution is -2.43. The number of nitrogens with zero attached hydrogens (tertiary/aromatic N) is 1. The summed E-state index contributed by atoms with van der Waals surface area (Å²) < 4.78 is 77.9. The molecule has 170 valence electrons. The van der Waals surface area contributed by atoms with E-state index in [1.807, 2.05) is 4.90 Å². The molecule has 0 aliphatic rings. The first kappa shape index (κ1) is 27.7. The third kappa shape index (κ3) is 14.7. The molecule has 0 aliphatic heterocycles. The summed E-state index contributed by atoms with van der Waals surface area (Å²) in [6.07, 6.45) is 1.53. The van der Waals surface area contributed by atoms with E-state index in [-0.39, 0.29) is 36.9 Å². The van der Waals surface area contributed by atoms with Gasteiger partial charge in [0.2, 0.25) is 30.1 Å². The van der Waals surface area contributed by atoms with E-state index in [4.69, 9.17) is 0 Å². The van der Waals surface area contributed by atoms with Gasteiger partial charge in [-0.25, -0.2) is 39.4 Å². The molecule has 0 bridgehead atoms. The van der Waals surface area contributed by atoms with Gasteiger partial charge in [-0.3, -0.25) is 4.90 Å². The largest absolute Gasteiger partial charge is 0.299 e. The van der Waals surface area contributed by atoms with Crippen molar-refractivity contribution in [2.45, 2.75) is 40.0 Å². The lowest BCUT2D eigenvalue weighted by molar-refractivity contribution is 0.287. The molecule has 0 aromatic heterocycles. The van der Waals surface area contributed by atoms with Gasteiger partial charge in [-0.2, -0.15) is 0 Å². The minimum atomic E-state index is -3.33. The summed E-state index contributed by atoms with van der Waals surface area (Å²) in [4.78, 5) is 1.82. The predicted octanol–water partition coefficient (Wildman–Crippen LogP) is -0.723. The zero-order valence-electron chi connectivity index (χ0n) is 17.1. The summed E-state index contributed by atoms with van der Waals surface area (Å²) in [5, 5.41) is 0. The Labute approximate surface area is 171 Å². The quantitative estimate of drug-likeness (QED) is 0.243. The van der Waals surface area contributed by atoms with Crippen LogP contribution in [0.25, 0.3) is 0 Å². The van der Waals surface area contributed by atoms with E-state index in [0.717, 1.165) is 0 Å². The van der Waals surface area contributed by atoms with Crippen molar-refractivity contribution in [3.63, 3.8) is 0 Å². The third-order valence-electron chi connectivity index (χ3n) is 3.67. The van der Waals surface area contributed by atoms with Gasteiger partial charge in [0.25, 0.3) is 0 Å². The van der Waals surface area contributed by atoms with E-state index in [1.165, 1.54) is 0 Å². The van der Waals surface area contributed by atoms with Gasteiger partial charge in [0, 0.05) is 39.3 Å². The number of hydrogen-bond acceptors (Lipinski definition) is 7. The highest BCUT2D eigenvalue weighted by Gasteiger charge is 2.14. The van der Waals surface area contributed by atoms with E-state index in [2.05, 4.69) is 14.2 Å². The van der Waals surface area contributed by atoms with Gasteiger partial charge in [-0.05, 0) is 19.3 Å². The van der Waals surface area contributed by atoms with Crippen LogP contribution >= 0.6 is 0 Å². The molecule has 10 nitrogen and oxygen atoms in total. The fourth-order valence-corrected chi connectivity index (χ4v) is 5.69. The smallest absolute Gasteiger partial charge is 0.211 e. The Morgan fingerprint density at radius 3 is 1.00 bits per heavy atom. The second-order valence-electron chi connectivity index (χ2n) is 6.48. The van der Waals surface area contributed by atoms with Gasteiger partial charge in [-0.1, -0.05) is 20.8 Å². The Hall–Kier alpha value is -0.310. The molecule has 0 amide bonds. The lowest BCUT2D eigenvalue weighted by atomic mass is 10.4. The first-order valence-electron chi connectivity index (χ1n) is 9.61. The van der Waals surface area contributed by atoms with Crippen LogP contribution in [0.4, 0.5) is 0 Å². The number of rotatable bonds is 18.